The number of hydrogen-bond donors (Lipinski definition) is 1. The normalized spacial score (nSPS) is 10.1. The number of esters is 1. The topological polar surface area (TPSA) is 63.6 Å². The van der Waals surface area contributed by atoms with Crippen molar-refractivity contribution in [2.24, 2.45) is 0 Å². The molecule has 0 aliphatic heterocycles. The Labute approximate surface area is 89.6 Å². The van der Waals surface area contributed by atoms with E-state index in [1.165, 1.54) is 0 Å². The lowest BCUT2D eigenvalue weighted by Gasteiger charge is -2.16. The highest BCUT2D eigenvalue weighted by atomic mass is 16.6. The van der Waals surface area contributed by atoms with Crippen LogP contribution in [0.5, 0.6) is 0 Å². The Morgan fingerprint density at radius 2 is 1.87 bits per heavy atom. The number of carbonyl (C=O) groups is 2. The molecule has 0 radical (unpaired) electrons. The van der Waals surface area contributed by atoms with E-state index in [2.05, 4.69) is 11.8 Å². The van der Waals surface area contributed by atoms with Gasteiger partial charge in [-0.1, -0.05) is 0 Å². The van der Waals surface area contributed by atoms with E-state index in [-0.39, 0.29) is 18.8 Å². The minimum Gasteiger partial charge on any atom is -0.450 e. The summed E-state index contributed by atoms with van der Waals surface area (Å²) in [5, 5.41) is 8.45. The van der Waals surface area contributed by atoms with Crippen LogP contribution in [-0.2, 0) is 14.3 Å². The molecule has 0 unspecified atom stereocenters. The predicted octanol–water partition coefficient (Wildman–Crippen LogP) is 0.673. The Balaban J connectivity index is 4.06. The van der Waals surface area contributed by atoms with Gasteiger partial charge in [0.25, 0.3) is 0 Å². The van der Waals surface area contributed by atoms with Gasteiger partial charge < -0.3 is 9.84 Å². The first-order valence-electron chi connectivity index (χ1n) is 4.74. The molecular formula is C11H16O4. The molecule has 84 valence electrons. The van der Waals surface area contributed by atoms with E-state index in [0.717, 1.165) is 0 Å². The summed E-state index contributed by atoms with van der Waals surface area (Å²) in [7, 11) is 0. The third-order valence-electron chi connectivity index (χ3n) is 1.26. The molecule has 0 spiro atoms. The van der Waals surface area contributed by atoms with Crippen LogP contribution in [0.2, 0.25) is 0 Å². The third-order valence-corrected chi connectivity index (χ3v) is 1.26. The van der Waals surface area contributed by atoms with Crippen molar-refractivity contribution < 1.29 is 19.4 Å². The Bertz CT molecular complexity index is 288. The molecule has 4 nitrogen and oxygen atoms in total. The number of rotatable bonds is 3. The van der Waals surface area contributed by atoms with Crippen molar-refractivity contribution in [3.63, 3.8) is 0 Å². The fourth-order valence-corrected chi connectivity index (χ4v) is 0.726. The number of aliphatic hydroxyl groups is 1. The highest BCUT2D eigenvalue weighted by molar-refractivity contribution is 6.02. The molecular weight excluding hydrogens is 196 g/mol. The van der Waals surface area contributed by atoms with Crippen molar-refractivity contribution in [2.45, 2.75) is 39.2 Å². The number of hydrogen-bond acceptors (Lipinski definition) is 4. The summed E-state index contributed by atoms with van der Waals surface area (Å²) >= 11 is 0. The zero-order chi connectivity index (χ0) is 11.9. The maximum absolute atomic E-state index is 11.0. The van der Waals surface area contributed by atoms with E-state index >= 15 is 0 Å². The van der Waals surface area contributed by atoms with Gasteiger partial charge in [-0.25, -0.2) is 4.79 Å². The second kappa shape index (κ2) is 6.20. The molecule has 0 aromatic heterocycles. The molecule has 0 bridgehead atoms. The molecule has 0 aliphatic carbocycles. The summed E-state index contributed by atoms with van der Waals surface area (Å²) in [5.41, 5.74) is -0.597. The molecule has 0 saturated heterocycles. The smallest absolute Gasteiger partial charge is 0.385 e. The lowest BCUT2D eigenvalue weighted by Crippen LogP contribution is -2.22. The van der Waals surface area contributed by atoms with E-state index in [1.54, 1.807) is 20.8 Å². The molecule has 0 aromatic carbocycles. The fourth-order valence-electron chi connectivity index (χ4n) is 0.726. The standard InChI is InChI=1S/C11H16O4/c1-11(2,3)15-10(14)7-6-9(13)5-4-8-12/h12H,4-5,8H2,1-3H3. The SMILES string of the molecule is CC(C)(C)OC(=O)C#CC(=O)CCCO. The molecule has 4 heteroatoms. The van der Waals surface area contributed by atoms with Crippen LogP contribution >= 0.6 is 0 Å². The Morgan fingerprint density at radius 3 is 2.33 bits per heavy atom. The van der Waals surface area contributed by atoms with Crippen LogP contribution in [0.1, 0.15) is 33.6 Å². The first kappa shape index (κ1) is 13.7. The van der Waals surface area contributed by atoms with Gasteiger partial charge in [-0.3, -0.25) is 4.79 Å². The number of Topliss-reactive ketones (excluding diaryl/α,β-unsaturated/α-hetero) is 1. The molecule has 15 heavy (non-hydrogen) atoms. The molecule has 0 rings (SSSR count). The van der Waals surface area contributed by atoms with Crippen LogP contribution in [0, 0.1) is 11.8 Å². The molecule has 0 aromatic rings. The number of carbonyl (C=O) groups excluding carboxylic acids is 2. The summed E-state index contributed by atoms with van der Waals surface area (Å²) in [6.07, 6.45) is 0.522. The zero-order valence-electron chi connectivity index (χ0n) is 9.29. The molecule has 0 atom stereocenters. The molecule has 0 saturated carbocycles. The van der Waals surface area contributed by atoms with E-state index in [9.17, 15) is 9.59 Å². The zero-order valence-corrected chi connectivity index (χ0v) is 9.29. The van der Waals surface area contributed by atoms with E-state index in [0.29, 0.717) is 6.42 Å². The predicted molar refractivity (Wildman–Crippen MR) is 54.9 cm³/mol. The first-order valence-corrected chi connectivity index (χ1v) is 4.74. The average Bonchev–Trinajstić information content (AvgIpc) is 2.08. The lowest BCUT2D eigenvalue weighted by atomic mass is 10.2. The quantitative estimate of drug-likeness (QED) is 0.323. The molecule has 0 heterocycles. The van der Waals surface area contributed by atoms with Gasteiger partial charge in [-0.2, -0.15) is 0 Å². The van der Waals surface area contributed by atoms with Gasteiger partial charge >= 0.3 is 5.97 Å². The maximum Gasteiger partial charge on any atom is 0.385 e. The fraction of sp³-hybridized carbons (Fsp3) is 0.636. The van der Waals surface area contributed by atoms with Crippen LogP contribution in [0.4, 0.5) is 0 Å². The van der Waals surface area contributed by atoms with Crippen LogP contribution in [0.25, 0.3) is 0 Å². The van der Waals surface area contributed by atoms with Crippen LogP contribution in [0.3, 0.4) is 0 Å². The minimum absolute atomic E-state index is 0.0557. The van der Waals surface area contributed by atoms with Crippen molar-refractivity contribution in [1.82, 2.24) is 0 Å². The monoisotopic (exact) mass is 212 g/mol. The van der Waals surface area contributed by atoms with Gasteiger partial charge in [0.2, 0.25) is 5.78 Å². The van der Waals surface area contributed by atoms with Crippen LogP contribution in [-0.4, -0.2) is 29.1 Å². The average molecular weight is 212 g/mol. The van der Waals surface area contributed by atoms with Gasteiger partial charge in [-0.15, -0.1) is 0 Å². The number of ether oxygens (including phenoxy) is 1. The van der Waals surface area contributed by atoms with Crippen LogP contribution in [0.15, 0.2) is 0 Å². The summed E-state index contributed by atoms with van der Waals surface area (Å²) in [5.74, 6) is 3.20. The van der Waals surface area contributed by atoms with E-state index < -0.39 is 11.6 Å². The second-order valence-electron chi connectivity index (χ2n) is 4.00. The van der Waals surface area contributed by atoms with Crippen molar-refractivity contribution >= 4 is 11.8 Å². The molecule has 0 aliphatic rings. The largest absolute Gasteiger partial charge is 0.450 e. The van der Waals surface area contributed by atoms with Gasteiger partial charge in [0.15, 0.2) is 0 Å². The van der Waals surface area contributed by atoms with E-state index in [1.807, 2.05) is 0 Å². The highest BCUT2D eigenvalue weighted by Crippen LogP contribution is 2.05. The van der Waals surface area contributed by atoms with Gasteiger partial charge in [-0.05, 0) is 33.1 Å². The van der Waals surface area contributed by atoms with Gasteiger partial charge in [0, 0.05) is 18.9 Å². The summed E-state index contributed by atoms with van der Waals surface area (Å²) < 4.78 is 4.88. The highest BCUT2D eigenvalue weighted by Gasteiger charge is 2.14. The Kier molecular flexibility index (Phi) is 5.65. The second-order valence-corrected chi connectivity index (χ2v) is 4.00. The minimum atomic E-state index is -0.708. The number of ketones is 1. The van der Waals surface area contributed by atoms with Crippen LogP contribution < -0.4 is 0 Å². The van der Waals surface area contributed by atoms with E-state index in [4.69, 9.17) is 9.84 Å². The van der Waals surface area contributed by atoms with Gasteiger partial charge in [0.1, 0.15) is 5.60 Å². The first-order chi connectivity index (χ1) is 6.85. The Hall–Kier alpha value is -1.34. The van der Waals surface area contributed by atoms with Crippen molar-refractivity contribution in [3.05, 3.63) is 0 Å². The van der Waals surface area contributed by atoms with Crippen molar-refractivity contribution in [1.29, 1.82) is 0 Å². The molecule has 0 amide bonds. The summed E-state index contributed by atoms with van der Waals surface area (Å²) in [6, 6.07) is 0. The van der Waals surface area contributed by atoms with Crippen molar-refractivity contribution in [3.8, 4) is 11.8 Å². The molecule has 0 fully saturated rings. The lowest BCUT2D eigenvalue weighted by molar-refractivity contribution is -0.147. The summed E-state index contributed by atoms with van der Waals surface area (Å²) in [6.45, 7) is 5.11. The Morgan fingerprint density at radius 1 is 1.27 bits per heavy atom. The molecule has 1 N–H and O–H groups in total. The maximum atomic E-state index is 11.0. The summed E-state index contributed by atoms with van der Waals surface area (Å²) in [4.78, 5) is 22.0. The van der Waals surface area contributed by atoms with Crippen molar-refractivity contribution in [2.75, 3.05) is 6.61 Å². The third kappa shape index (κ3) is 8.98. The van der Waals surface area contributed by atoms with Gasteiger partial charge in [0.05, 0.1) is 0 Å². The number of aliphatic hydroxyl groups excluding tert-OH is 1.